The summed E-state index contributed by atoms with van der Waals surface area (Å²) in [6.45, 7) is 0.511. The fourth-order valence-electron chi connectivity index (χ4n) is 3.05. The molecule has 0 radical (unpaired) electrons. The van der Waals surface area contributed by atoms with Crippen LogP contribution in [0.25, 0.3) is 16.5 Å². The van der Waals surface area contributed by atoms with Crippen LogP contribution < -0.4 is 10.6 Å². The van der Waals surface area contributed by atoms with E-state index in [1.165, 1.54) is 10.8 Å². The van der Waals surface area contributed by atoms with Gasteiger partial charge in [-0.25, -0.2) is 4.98 Å². The van der Waals surface area contributed by atoms with Crippen LogP contribution in [0.2, 0.25) is 0 Å². The molecule has 3 rings (SSSR count). The fourth-order valence-corrected chi connectivity index (χ4v) is 4.42. The highest BCUT2D eigenvalue weighted by atomic mass is 79.9. The Morgan fingerprint density at radius 2 is 1.89 bits per heavy atom. The molecular weight excluding hydrogens is 548 g/mol. The largest absolute Gasteiger partial charge is 0.465 e. The highest BCUT2D eigenvalue weighted by molar-refractivity contribution is 9.10. The van der Waals surface area contributed by atoms with Crippen molar-refractivity contribution in [1.82, 2.24) is 20.2 Å². The van der Waals surface area contributed by atoms with Gasteiger partial charge in [0.15, 0.2) is 5.16 Å². The first-order valence-electron chi connectivity index (χ1n) is 10.1. The molecule has 0 spiro atoms. The molecule has 0 aliphatic heterocycles. The van der Waals surface area contributed by atoms with E-state index in [-0.39, 0.29) is 23.5 Å². The Hall–Kier alpha value is -3.50. The van der Waals surface area contributed by atoms with Gasteiger partial charge in [-0.2, -0.15) is 14.0 Å². The van der Waals surface area contributed by atoms with Crippen LogP contribution in [0.1, 0.15) is 12.5 Å². The zero-order valence-electron chi connectivity index (χ0n) is 18.2. The minimum Gasteiger partial charge on any atom is -0.465 e. The van der Waals surface area contributed by atoms with Crippen LogP contribution in [0.5, 0.6) is 0 Å². The number of aromatic nitrogens is 2. The second-order valence-electron chi connectivity index (χ2n) is 6.87. The molecule has 9 nitrogen and oxygen atoms in total. The standard InChI is InChI=1S/C22H18BrF2N5O4S/c1-2-34-19(32)12-27-18(31)11-28-20(33)22(24,25)35-21-29-10-17(23)30(21)16-8-7-13(9-26)14-5-3-4-6-15(14)16/h3-8,10H,2,11-12H2,1H3,(H,27,31)(H,28,33). The zero-order valence-corrected chi connectivity index (χ0v) is 20.6. The van der Waals surface area contributed by atoms with Gasteiger partial charge in [-0.15, -0.1) is 0 Å². The number of nitrogens with zero attached hydrogens (tertiary/aromatic N) is 3. The maximum Gasteiger partial charge on any atom is 0.377 e. The minimum absolute atomic E-state index is 0.103. The third kappa shape index (κ3) is 6.14. The molecule has 0 unspecified atom stereocenters. The molecule has 1 heterocycles. The van der Waals surface area contributed by atoms with E-state index in [0.29, 0.717) is 26.6 Å². The summed E-state index contributed by atoms with van der Waals surface area (Å²) in [5, 5.41) is 10.5. The number of halogens is 3. The number of alkyl halides is 2. The van der Waals surface area contributed by atoms with Crippen LogP contribution >= 0.6 is 27.7 Å². The maximum absolute atomic E-state index is 14.7. The van der Waals surface area contributed by atoms with E-state index < -0.39 is 36.1 Å². The molecule has 35 heavy (non-hydrogen) atoms. The molecule has 2 aromatic carbocycles. The molecular formula is C22H18BrF2N5O4S. The highest BCUT2D eigenvalue weighted by Crippen LogP contribution is 2.39. The first-order chi connectivity index (χ1) is 16.7. The number of hydrogen-bond donors (Lipinski definition) is 2. The topological polar surface area (TPSA) is 126 Å². The second kappa shape index (κ2) is 11.3. The average Bonchev–Trinajstić information content (AvgIpc) is 3.19. The number of ether oxygens (including phenoxy) is 1. The number of thioether (sulfide) groups is 1. The van der Waals surface area contributed by atoms with E-state index in [4.69, 9.17) is 0 Å². The Morgan fingerprint density at radius 1 is 1.17 bits per heavy atom. The molecule has 0 saturated carbocycles. The van der Waals surface area contributed by atoms with Gasteiger partial charge in [0.05, 0.1) is 36.7 Å². The summed E-state index contributed by atoms with van der Waals surface area (Å²) >= 11 is 3.19. The molecule has 0 atom stereocenters. The number of carbonyl (C=O) groups is 3. The van der Waals surface area contributed by atoms with Crippen molar-refractivity contribution >= 4 is 56.2 Å². The van der Waals surface area contributed by atoms with Gasteiger partial charge in [0, 0.05) is 10.8 Å². The number of hydrogen-bond acceptors (Lipinski definition) is 7. The quantitative estimate of drug-likeness (QED) is 0.301. The molecule has 182 valence electrons. The first kappa shape index (κ1) is 26.1. The van der Waals surface area contributed by atoms with Crippen molar-refractivity contribution in [2.75, 3.05) is 19.7 Å². The zero-order chi connectivity index (χ0) is 25.6. The van der Waals surface area contributed by atoms with Crippen molar-refractivity contribution in [3.63, 3.8) is 0 Å². The summed E-state index contributed by atoms with van der Waals surface area (Å²) in [7, 11) is 0. The molecule has 0 fully saturated rings. The SMILES string of the molecule is CCOC(=O)CNC(=O)CNC(=O)C(F)(F)Sc1ncc(Br)n1-c1ccc(C#N)c2ccccc12. The average molecular weight is 566 g/mol. The van der Waals surface area contributed by atoms with Gasteiger partial charge in [-0.3, -0.25) is 19.0 Å². The Labute approximate surface area is 211 Å². The van der Waals surface area contributed by atoms with Crippen molar-refractivity contribution in [2.24, 2.45) is 0 Å². The molecule has 0 bridgehead atoms. The Bertz CT molecular complexity index is 1320. The lowest BCUT2D eigenvalue weighted by molar-refractivity contribution is -0.143. The molecule has 2 N–H and O–H groups in total. The number of benzene rings is 2. The number of nitriles is 1. The number of imidazole rings is 1. The van der Waals surface area contributed by atoms with E-state index >= 15 is 0 Å². The smallest absolute Gasteiger partial charge is 0.377 e. The first-order valence-corrected chi connectivity index (χ1v) is 11.7. The number of rotatable bonds is 9. The summed E-state index contributed by atoms with van der Waals surface area (Å²) in [4.78, 5) is 39.1. The summed E-state index contributed by atoms with van der Waals surface area (Å²) in [5.74, 6) is -3.23. The lowest BCUT2D eigenvalue weighted by Gasteiger charge is -2.17. The van der Waals surface area contributed by atoms with Gasteiger partial charge >= 0.3 is 17.1 Å². The third-order valence-corrected chi connectivity index (χ3v) is 6.05. The van der Waals surface area contributed by atoms with E-state index in [1.807, 2.05) is 5.32 Å². The van der Waals surface area contributed by atoms with Crippen molar-refractivity contribution < 1.29 is 27.9 Å². The molecule has 1 aromatic heterocycles. The van der Waals surface area contributed by atoms with E-state index in [9.17, 15) is 28.4 Å². The Morgan fingerprint density at radius 3 is 2.57 bits per heavy atom. The van der Waals surface area contributed by atoms with Gasteiger partial charge < -0.3 is 15.4 Å². The van der Waals surface area contributed by atoms with Crippen molar-refractivity contribution in [3.8, 4) is 11.8 Å². The lowest BCUT2D eigenvalue weighted by Crippen LogP contribution is -2.44. The number of amides is 2. The van der Waals surface area contributed by atoms with Crippen LogP contribution in [0.3, 0.4) is 0 Å². The van der Waals surface area contributed by atoms with Crippen LogP contribution in [0, 0.1) is 11.3 Å². The summed E-state index contributed by atoms with van der Waals surface area (Å²) < 4.78 is 35.9. The van der Waals surface area contributed by atoms with E-state index in [2.05, 4.69) is 37.0 Å². The van der Waals surface area contributed by atoms with Crippen LogP contribution in [0.15, 0.2) is 52.4 Å². The third-order valence-electron chi connectivity index (χ3n) is 4.58. The fraction of sp³-hybridized carbons (Fsp3) is 0.227. The molecule has 3 aromatic rings. The predicted octanol–water partition coefficient (Wildman–Crippen LogP) is 3.14. The van der Waals surface area contributed by atoms with Crippen LogP contribution in [-0.2, 0) is 19.1 Å². The molecule has 2 amide bonds. The molecule has 0 saturated heterocycles. The van der Waals surface area contributed by atoms with Crippen molar-refractivity contribution in [2.45, 2.75) is 17.3 Å². The highest BCUT2D eigenvalue weighted by Gasteiger charge is 2.42. The summed E-state index contributed by atoms with van der Waals surface area (Å²) in [6.07, 6.45) is 1.31. The summed E-state index contributed by atoms with van der Waals surface area (Å²) in [6, 6.07) is 12.3. The number of esters is 1. The maximum atomic E-state index is 14.7. The van der Waals surface area contributed by atoms with E-state index in [0.717, 1.165) is 0 Å². The minimum atomic E-state index is -3.98. The van der Waals surface area contributed by atoms with Gasteiger partial charge in [-0.1, -0.05) is 24.3 Å². The summed E-state index contributed by atoms with van der Waals surface area (Å²) in [5.41, 5.74) is 0.891. The molecule has 0 aliphatic rings. The Kier molecular flexibility index (Phi) is 8.42. The number of nitrogens with one attached hydrogen (secondary N) is 2. The van der Waals surface area contributed by atoms with Gasteiger partial charge in [-0.05, 0) is 46.7 Å². The second-order valence-corrected chi connectivity index (χ2v) is 8.77. The lowest BCUT2D eigenvalue weighted by atomic mass is 10.0. The normalized spacial score (nSPS) is 11.1. The number of fused-ring (bicyclic) bond motifs is 1. The van der Waals surface area contributed by atoms with Gasteiger partial charge in [0.1, 0.15) is 11.1 Å². The van der Waals surface area contributed by atoms with E-state index in [1.54, 1.807) is 43.3 Å². The molecule has 0 aliphatic carbocycles. The van der Waals surface area contributed by atoms with Crippen molar-refractivity contribution in [1.29, 1.82) is 5.26 Å². The Balaban J connectivity index is 1.77. The van der Waals surface area contributed by atoms with Gasteiger partial charge in [0.2, 0.25) is 5.91 Å². The van der Waals surface area contributed by atoms with Crippen LogP contribution in [0.4, 0.5) is 8.78 Å². The van der Waals surface area contributed by atoms with Crippen molar-refractivity contribution in [3.05, 3.63) is 52.8 Å². The number of carbonyl (C=O) groups excluding carboxylic acids is 3. The van der Waals surface area contributed by atoms with Crippen LogP contribution in [-0.4, -0.2) is 52.3 Å². The monoisotopic (exact) mass is 565 g/mol. The van der Waals surface area contributed by atoms with Gasteiger partial charge in [0.25, 0.3) is 0 Å². The predicted molar refractivity (Wildman–Crippen MR) is 127 cm³/mol. The molecule has 13 heteroatoms.